The maximum atomic E-state index is 12.6. The summed E-state index contributed by atoms with van der Waals surface area (Å²) in [5.74, 6) is 0.296. The van der Waals surface area contributed by atoms with Crippen LogP contribution in [0.15, 0.2) is 72.8 Å². The van der Waals surface area contributed by atoms with E-state index in [1.54, 1.807) is 30.3 Å². The van der Waals surface area contributed by atoms with Gasteiger partial charge in [-0.25, -0.2) is 0 Å². The normalized spacial score (nSPS) is 15.0. The summed E-state index contributed by atoms with van der Waals surface area (Å²) in [4.78, 5) is 14.9. The highest BCUT2D eigenvalue weighted by Crippen LogP contribution is 2.26. The third kappa shape index (κ3) is 7.45. The SMILES string of the molecule is O=C(Nc1ccccc1OCC(O)CN(Cc1ccc(Cl)c(Cl)c1)C1CCNCC1)c1ccccc1. The first kappa shape index (κ1) is 26.5. The predicted octanol–water partition coefficient (Wildman–Crippen LogP) is 5.24. The third-order valence-corrected chi connectivity index (χ3v) is 6.98. The number of ether oxygens (including phenoxy) is 1. The van der Waals surface area contributed by atoms with E-state index in [1.807, 2.05) is 42.5 Å². The molecule has 8 heteroatoms. The molecule has 3 aromatic rings. The summed E-state index contributed by atoms with van der Waals surface area (Å²) in [7, 11) is 0. The van der Waals surface area contributed by atoms with Gasteiger partial charge < -0.3 is 20.5 Å². The molecule has 3 aromatic carbocycles. The lowest BCUT2D eigenvalue weighted by Gasteiger charge is -2.36. The number of amides is 1. The summed E-state index contributed by atoms with van der Waals surface area (Å²) in [6.45, 7) is 3.10. The Morgan fingerprint density at radius 2 is 1.75 bits per heavy atom. The minimum Gasteiger partial charge on any atom is -0.489 e. The van der Waals surface area contributed by atoms with Crippen molar-refractivity contribution in [1.29, 1.82) is 0 Å². The van der Waals surface area contributed by atoms with E-state index in [4.69, 9.17) is 27.9 Å². The number of halogens is 2. The molecule has 0 saturated carbocycles. The maximum Gasteiger partial charge on any atom is 0.255 e. The van der Waals surface area contributed by atoms with E-state index in [0.717, 1.165) is 31.5 Å². The van der Waals surface area contributed by atoms with Crippen molar-refractivity contribution < 1.29 is 14.6 Å². The lowest BCUT2D eigenvalue weighted by Crippen LogP contribution is -2.46. The minimum atomic E-state index is -0.722. The monoisotopic (exact) mass is 527 g/mol. The first-order valence-corrected chi connectivity index (χ1v) is 12.9. The highest BCUT2D eigenvalue weighted by Gasteiger charge is 2.24. The Morgan fingerprint density at radius 3 is 2.50 bits per heavy atom. The first-order chi connectivity index (χ1) is 17.5. The summed E-state index contributed by atoms with van der Waals surface area (Å²) in [6, 6.07) is 22.3. The van der Waals surface area contributed by atoms with E-state index in [-0.39, 0.29) is 12.5 Å². The Hall–Kier alpha value is -2.61. The van der Waals surface area contributed by atoms with E-state index in [2.05, 4.69) is 15.5 Å². The number of nitrogens with one attached hydrogen (secondary N) is 2. The number of carbonyl (C=O) groups excluding carboxylic acids is 1. The molecule has 1 amide bonds. The molecule has 0 spiro atoms. The van der Waals surface area contributed by atoms with Crippen molar-refractivity contribution in [1.82, 2.24) is 10.2 Å². The van der Waals surface area contributed by atoms with Crippen LogP contribution in [-0.2, 0) is 6.54 Å². The van der Waals surface area contributed by atoms with Crippen LogP contribution in [0, 0.1) is 0 Å². The second-order valence-electron chi connectivity index (χ2n) is 8.94. The molecule has 0 aromatic heterocycles. The van der Waals surface area contributed by atoms with Gasteiger partial charge in [0.1, 0.15) is 18.5 Å². The molecule has 0 bridgehead atoms. The number of rotatable bonds is 10. The van der Waals surface area contributed by atoms with Gasteiger partial charge >= 0.3 is 0 Å². The van der Waals surface area contributed by atoms with Crippen molar-refractivity contribution in [2.75, 3.05) is 31.6 Å². The fourth-order valence-corrected chi connectivity index (χ4v) is 4.70. The number of hydrogen-bond donors (Lipinski definition) is 3. The van der Waals surface area contributed by atoms with Crippen molar-refractivity contribution in [3.63, 3.8) is 0 Å². The molecule has 1 saturated heterocycles. The molecule has 1 aliphatic heterocycles. The van der Waals surface area contributed by atoms with E-state index in [9.17, 15) is 9.90 Å². The van der Waals surface area contributed by atoms with E-state index < -0.39 is 6.10 Å². The molecule has 1 aliphatic rings. The zero-order valence-electron chi connectivity index (χ0n) is 20.0. The second kappa shape index (κ2) is 13.1. The van der Waals surface area contributed by atoms with Crippen LogP contribution in [0.5, 0.6) is 5.75 Å². The van der Waals surface area contributed by atoms with E-state index in [1.165, 1.54) is 0 Å². The number of anilines is 1. The molecule has 6 nitrogen and oxygen atoms in total. The molecule has 0 aliphatic carbocycles. The Morgan fingerprint density at radius 1 is 1.03 bits per heavy atom. The quantitative estimate of drug-likeness (QED) is 0.336. The topological polar surface area (TPSA) is 73.8 Å². The van der Waals surface area contributed by atoms with Gasteiger partial charge in [0.25, 0.3) is 5.91 Å². The first-order valence-electron chi connectivity index (χ1n) is 12.1. The van der Waals surface area contributed by atoms with Gasteiger partial charge in [-0.2, -0.15) is 0 Å². The number of benzene rings is 3. The fraction of sp³-hybridized carbons (Fsp3) is 0.321. The van der Waals surface area contributed by atoms with Gasteiger partial charge in [-0.1, -0.05) is 59.6 Å². The number of aliphatic hydroxyl groups is 1. The lowest BCUT2D eigenvalue weighted by molar-refractivity contribution is 0.0416. The number of aliphatic hydroxyl groups excluding tert-OH is 1. The van der Waals surface area contributed by atoms with Crippen molar-refractivity contribution in [2.45, 2.75) is 31.5 Å². The van der Waals surface area contributed by atoms with Crippen LogP contribution >= 0.6 is 23.2 Å². The van der Waals surface area contributed by atoms with E-state index in [0.29, 0.717) is 46.2 Å². The van der Waals surface area contributed by atoms with Crippen molar-refractivity contribution in [3.05, 3.63) is 94.0 Å². The minimum absolute atomic E-state index is 0.0983. The highest BCUT2D eigenvalue weighted by molar-refractivity contribution is 6.42. The van der Waals surface area contributed by atoms with Crippen LogP contribution in [0.25, 0.3) is 0 Å². The molecular weight excluding hydrogens is 497 g/mol. The Bertz CT molecular complexity index is 1140. The smallest absolute Gasteiger partial charge is 0.255 e. The van der Waals surface area contributed by atoms with Gasteiger partial charge in [-0.15, -0.1) is 0 Å². The molecule has 3 N–H and O–H groups in total. The Kier molecular flexibility index (Phi) is 9.61. The molecule has 4 rings (SSSR count). The van der Waals surface area contributed by atoms with Crippen LogP contribution in [-0.4, -0.2) is 54.3 Å². The molecule has 1 atom stereocenters. The number of piperidine rings is 1. The average molecular weight is 528 g/mol. The van der Waals surface area contributed by atoms with Crippen LogP contribution in [0.2, 0.25) is 10.0 Å². The fourth-order valence-electron chi connectivity index (χ4n) is 4.38. The molecule has 0 radical (unpaired) electrons. The molecular formula is C28H31Cl2N3O3. The van der Waals surface area contributed by atoms with Gasteiger partial charge in [0, 0.05) is 24.7 Å². The summed E-state index contributed by atoms with van der Waals surface area (Å²) < 4.78 is 5.97. The standard InChI is InChI=1S/C28H31Cl2N3O3/c29-24-11-10-20(16-25(24)30)17-33(22-12-14-31-15-13-22)18-23(34)19-36-27-9-5-4-8-26(27)32-28(35)21-6-2-1-3-7-21/h1-11,16,22-23,31,34H,12-15,17-19H2,(H,32,35). The molecule has 36 heavy (non-hydrogen) atoms. The van der Waals surface area contributed by atoms with Gasteiger partial charge in [-0.05, 0) is 67.9 Å². The summed E-state index contributed by atoms with van der Waals surface area (Å²) in [5, 5.41) is 18.3. The summed E-state index contributed by atoms with van der Waals surface area (Å²) >= 11 is 12.3. The number of para-hydroxylation sites is 2. The molecule has 1 unspecified atom stereocenters. The zero-order valence-corrected chi connectivity index (χ0v) is 21.5. The third-order valence-electron chi connectivity index (χ3n) is 6.24. The molecule has 1 fully saturated rings. The average Bonchev–Trinajstić information content (AvgIpc) is 2.91. The molecule has 1 heterocycles. The Labute approximate surface area is 222 Å². The van der Waals surface area contributed by atoms with Crippen LogP contribution in [0.1, 0.15) is 28.8 Å². The number of nitrogens with zero attached hydrogens (tertiary/aromatic N) is 1. The lowest BCUT2D eigenvalue weighted by atomic mass is 10.0. The van der Waals surface area contributed by atoms with Crippen molar-refractivity contribution in [3.8, 4) is 5.75 Å². The van der Waals surface area contributed by atoms with Crippen molar-refractivity contribution in [2.24, 2.45) is 0 Å². The van der Waals surface area contributed by atoms with Gasteiger partial charge in [-0.3, -0.25) is 9.69 Å². The zero-order chi connectivity index (χ0) is 25.3. The van der Waals surface area contributed by atoms with Gasteiger partial charge in [0.15, 0.2) is 0 Å². The largest absolute Gasteiger partial charge is 0.489 e. The summed E-state index contributed by atoms with van der Waals surface area (Å²) in [6.07, 6.45) is 1.28. The highest BCUT2D eigenvalue weighted by atomic mass is 35.5. The van der Waals surface area contributed by atoms with Crippen LogP contribution in [0.3, 0.4) is 0 Å². The maximum absolute atomic E-state index is 12.6. The number of hydrogen-bond acceptors (Lipinski definition) is 5. The Balaban J connectivity index is 1.39. The molecule has 190 valence electrons. The van der Waals surface area contributed by atoms with E-state index >= 15 is 0 Å². The predicted molar refractivity (Wildman–Crippen MR) is 145 cm³/mol. The second-order valence-corrected chi connectivity index (χ2v) is 9.75. The van der Waals surface area contributed by atoms with Crippen LogP contribution in [0.4, 0.5) is 5.69 Å². The number of carbonyl (C=O) groups is 1. The van der Waals surface area contributed by atoms with Crippen LogP contribution < -0.4 is 15.4 Å². The van der Waals surface area contributed by atoms with Gasteiger partial charge in [0.2, 0.25) is 0 Å². The van der Waals surface area contributed by atoms with Gasteiger partial charge in [0.05, 0.1) is 15.7 Å². The summed E-state index contributed by atoms with van der Waals surface area (Å²) in [5.41, 5.74) is 2.17. The van der Waals surface area contributed by atoms with Crippen molar-refractivity contribution >= 4 is 34.8 Å².